The predicted molar refractivity (Wildman–Crippen MR) is 66.7 cm³/mol. The third kappa shape index (κ3) is 3.15. The molecule has 0 unspecified atom stereocenters. The van der Waals surface area contributed by atoms with Crippen molar-refractivity contribution in [1.82, 2.24) is 0 Å². The van der Waals surface area contributed by atoms with Gasteiger partial charge in [0.15, 0.2) is 5.96 Å². The second-order valence-electron chi connectivity index (χ2n) is 4.35. The molecule has 0 saturated heterocycles. The summed E-state index contributed by atoms with van der Waals surface area (Å²) in [5.41, 5.74) is 11.8. The average molecular weight is 221 g/mol. The molecular weight excluding hydrogens is 202 g/mol. The standard InChI is InChI=1S/C12H19N3O/c1-12(2,8-15-11(13)14)9-4-6-10(16-3)7-5-9/h4-7H,8H2,1-3H3,(H4,13,14,15). The molecule has 1 aromatic carbocycles. The molecule has 0 aliphatic heterocycles. The maximum absolute atomic E-state index is 5.33. The van der Waals surface area contributed by atoms with Crippen molar-refractivity contribution in [2.75, 3.05) is 13.7 Å². The molecule has 0 amide bonds. The first-order chi connectivity index (χ1) is 7.45. The van der Waals surface area contributed by atoms with Crippen molar-refractivity contribution >= 4 is 5.96 Å². The van der Waals surface area contributed by atoms with Gasteiger partial charge in [0.1, 0.15) is 5.75 Å². The third-order valence-corrected chi connectivity index (χ3v) is 2.53. The molecular formula is C12H19N3O. The maximum atomic E-state index is 5.33. The Balaban J connectivity index is 2.84. The lowest BCUT2D eigenvalue weighted by Crippen LogP contribution is -2.28. The molecule has 0 radical (unpaired) electrons. The van der Waals surface area contributed by atoms with Crippen molar-refractivity contribution in [3.8, 4) is 5.75 Å². The van der Waals surface area contributed by atoms with Crippen LogP contribution in [0.15, 0.2) is 29.3 Å². The van der Waals surface area contributed by atoms with Gasteiger partial charge in [-0.1, -0.05) is 26.0 Å². The number of benzene rings is 1. The molecule has 0 aliphatic carbocycles. The van der Waals surface area contributed by atoms with Crippen LogP contribution in [-0.2, 0) is 5.41 Å². The number of nitrogens with zero attached hydrogens (tertiary/aromatic N) is 1. The van der Waals surface area contributed by atoms with Gasteiger partial charge >= 0.3 is 0 Å². The van der Waals surface area contributed by atoms with E-state index < -0.39 is 0 Å². The van der Waals surface area contributed by atoms with Crippen LogP contribution in [0.2, 0.25) is 0 Å². The molecule has 0 aliphatic rings. The monoisotopic (exact) mass is 221 g/mol. The Labute approximate surface area is 96.3 Å². The van der Waals surface area contributed by atoms with Gasteiger partial charge in [-0.05, 0) is 17.7 Å². The van der Waals surface area contributed by atoms with Gasteiger partial charge in [-0.3, -0.25) is 4.99 Å². The Morgan fingerprint density at radius 2 is 1.81 bits per heavy atom. The topological polar surface area (TPSA) is 73.6 Å². The zero-order valence-corrected chi connectivity index (χ0v) is 10.0. The molecule has 4 nitrogen and oxygen atoms in total. The van der Waals surface area contributed by atoms with Gasteiger partial charge in [0, 0.05) is 5.41 Å². The number of hydrogen-bond donors (Lipinski definition) is 2. The number of nitrogens with two attached hydrogens (primary N) is 2. The Morgan fingerprint density at radius 3 is 2.25 bits per heavy atom. The fraction of sp³-hybridized carbons (Fsp3) is 0.417. The van der Waals surface area contributed by atoms with Crippen LogP contribution in [0.3, 0.4) is 0 Å². The molecule has 88 valence electrons. The highest BCUT2D eigenvalue weighted by molar-refractivity contribution is 5.75. The molecule has 0 fully saturated rings. The summed E-state index contributed by atoms with van der Waals surface area (Å²) in [5, 5.41) is 0. The number of ether oxygens (including phenoxy) is 1. The summed E-state index contributed by atoms with van der Waals surface area (Å²) < 4.78 is 5.11. The second kappa shape index (κ2) is 4.88. The highest BCUT2D eigenvalue weighted by Crippen LogP contribution is 2.25. The summed E-state index contributed by atoms with van der Waals surface area (Å²) in [6.45, 7) is 4.77. The molecule has 1 rings (SSSR count). The molecule has 1 aromatic rings. The smallest absolute Gasteiger partial charge is 0.185 e. The molecule has 0 spiro atoms. The molecule has 0 bridgehead atoms. The van der Waals surface area contributed by atoms with Crippen LogP contribution < -0.4 is 16.2 Å². The third-order valence-electron chi connectivity index (χ3n) is 2.53. The molecule has 0 atom stereocenters. The van der Waals surface area contributed by atoms with Gasteiger partial charge in [-0.15, -0.1) is 0 Å². The zero-order chi connectivity index (χ0) is 12.2. The molecule has 0 heterocycles. The lowest BCUT2D eigenvalue weighted by molar-refractivity contribution is 0.414. The van der Waals surface area contributed by atoms with Crippen LogP contribution in [0, 0.1) is 0 Å². The summed E-state index contributed by atoms with van der Waals surface area (Å²) in [6, 6.07) is 7.93. The minimum absolute atomic E-state index is 0.0870. The Hall–Kier alpha value is -1.71. The van der Waals surface area contributed by atoms with Crippen LogP contribution in [0.4, 0.5) is 0 Å². The molecule has 4 N–H and O–H groups in total. The van der Waals surface area contributed by atoms with E-state index in [0.717, 1.165) is 5.75 Å². The molecule has 0 aromatic heterocycles. The normalized spacial score (nSPS) is 10.9. The van der Waals surface area contributed by atoms with Crippen molar-refractivity contribution < 1.29 is 4.74 Å². The van der Waals surface area contributed by atoms with Crippen molar-refractivity contribution in [2.45, 2.75) is 19.3 Å². The fourth-order valence-corrected chi connectivity index (χ4v) is 1.42. The van der Waals surface area contributed by atoms with Crippen molar-refractivity contribution in [1.29, 1.82) is 0 Å². The SMILES string of the molecule is COc1ccc(C(C)(C)CN=C(N)N)cc1. The van der Waals surface area contributed by atoms with E-state index in [1.54, 1.807) is 7.11 Å². The maximum Gasteiger partial charge on any atom is 0.185 e. The summed E-state index contributed by atoms with van der Waals surface area (Å²) in [4.78, 5) is 4.06. The van der Waals surface area contributed by atoms with Gasteiger partial charge in [0.25, 0.3) is 0 Å². The first kappa shape index (κ1) is 12.4. The summed E-state index contributed by atoms with van der Waals surface area (Å²) >= 11 is 0. The van der Waals surface area contributed by atoms with E-state index >= 15 is 0 Å². The number of guanidine groups is 1. The summed E-state index contributed by atoms with van der Waals surface area (Å²) in [7, 11) is 1.65. The van der Waals surface area contributed by atoms with Gasteiger partial charge in [-0.25, -0.2) is 0 Å². The van der Waals surface area contributed by atoms with Gasteiger partial charge < -0.3 is 16.2 Å². The molecule has 0 saturated carbocycles. The van der Waals surface area contributed by atoms with E-state index in [1.807, 2.05) is 24.3 Å². The van der Waals surface area contributed by atoms with Crippen molar-refractivity contribution in [2.24, 2.45) is 16.5 Å². The van der Waals surface area contributed by atoms with Gasteiger partial charge in [-0.2, -0.15) is 0 Å². The Kier molecular flexibility index (Phi) is 3.77. The van der Waals surface area contributed by atoms with Crippen LogP contribution in [0.5, 0.6) is 5.75 Å². The van der Waals surface area contributed by atoms with E-state index in [2.05, 4.69) is 18.8 Å². The first-order valence-electron chi connectivity index (χ1n) is 5.15. The van der Waals surface area contributed by atoms with Gasteiger partial charge in [0.2, 0.25) is 0 Å². The van der Waals surface area contributed by atoms with E-state index in [9.17, 15) is 0 Å². The fourth-order valence-electron chi connectivity index (χ4n) is 1.42. The Morgan fingerprint density at radius 1 is 1.25 bits per heavy atom. The minimum Gasteiger partial charge on any atom is -0.497 e. The molecule has 16 heavy (non-hydrogen) atoms. The van der Waals surface area contributed by atoms with Crippen molar-refractivity contribution in [3.63, 3.8) is 0 Å². The highest BCUT2D eigenvalue weighted by Gasteiger charge is 2.20. The van der Waals surface area contributed by atoms with Crippen molar-refractivity contribution in [3.05, 3.63) is 29.8 Å². The van der Waals surface area contributed by atoms with E-state index in [1.165, 1.54) is 5.56 Å². The number of aliphatic imine (C=N–C) groups is 1. The largest absolute Gasteiger partial charge is 0.497 e. The van der Waals surface area contributed by atoms with E-state index in [-0.39, 0.29) is 11.4 Å². The first-order valence-corrected chi connectivity index (χ1v) is 5.15. The van der Waals surface area contributed by atoms with Crippen LogP contribution in [-0.4, -0.2) is 19.6 Å². The number of rotatable bonds is 4. The minimum atomic E-state index is -0.0870. The summed E-state index contributed by atoms with van der Waals surface area (Å²) in [6.07, 6.45) is 0. The average Bonchev–Trinajstić information content (AvgIpc) is 2.27. The quantitative estimate of drug-likeness (QED) is 0.593. The predicted octanol–water partition coefficient (Wildman–Crippen LogP) is 1.25. The van der Waals surface area contributed by atoms with Crippen LogP contribution in [0.1, 0.15) is 19.4 Å². The Bertz CT molecular complexity index is 364. The van der Waals surface area contributed by atoms with E-state index in [4.69, 9.17) is 16.2 Å². The molecule has 4 heteroatoms. The zero-order valence-electron chi connectivity index (χ0n) is 10.0. The highest BCUT2D eigenvalue weighted by atomic mass is 16.5. The number of methoxy groups -OCH3 is 1. The number of hydrogen-bond acceptors (Lipinski definition) is 2. The van der Waals surface area contributed by atoms with Crippen LogP contribution in [0.25, 0.3) is 0 Å². The second-order valence-corrected chi connectivity index (χ2v) is 4.35. The van der Waals surface area contributed by atoms with E-state index in [0.29, 0.717) is 6.54 Å². The lowest BCUT2D eigenvalue weighted by atomic mass is 9.85. The summed E-state index contributed by atoms with van der Waals surface area (Å²) in [5.74, 6) is 0.975. The van der Waals surface area contributed by atoms with Gasteiger partial charge in [0.05, 0.1) is 13.7 Å². The lowest BCUT2D eigenvalue weighted by Gasteiger charge is -2.23. The van der Waals surface area contributed by atoms with Crippen LogP contribution >= 0.6 is 0 Å².